The molecule has 198 valence electrons. The number of amides is 1. The summed E-state index contributed by atoms with van der Waals surface area (Å²) < 4.78 is 2.29. The van der Waals surface area contributed by atoms with E-state index < -0.39 is 0 Å². The van der Waals surface area contributed by atoms with Gasteiger partial charge in [0.15, 0.2) is 0 Å². The Morgan fingerprint density at radius 3 is 2.49 bits per heavy atom. The van der Waals surface area contributed by atoms with Gasteiger partial charge in [0, 0.05) is 24.4 Å². The van der Waals surface area contributed by atoms with Crippen LogP contribution >= 0.6 is 11.8 Å². The molecule has 1 unspecified atom stereocenters. The molecule has 1 aromatic heterocycles. The number of nitrogens with two attached hydrogens (primary N) is 1. The second-order valence-electron chi connectivity index (χ2n) is 9.29. The van der Waals surface area contributed by atoms with Gasteiger partial charge in [0.25, 0.3) is 5.91 Å². The number of benzene rings is 2. The van der Waals surface area contributed by atoms with E-state index in [1.54, 1.807) is 0 Å². The van der Waals surface area contributed by atoms with Crippen molar-refractivity contribution >= 4 is 28.7 Å². The molecule has 0 saturated carbocycles. The molecule has 3 aromatic rings. The van der Waals surface area contributed by atoms with Crippen molar-refractivity contribution in [1.29, 1.82) is 0 Å². The summed E-state index contributed by atoms with van der Waals surface area (Å²) in [4.78, 5) is 22.4. The van der Waals surface area contributed by atoms with E-state index in [1.165, 1.54) is 10.5 Å². The number of carbonyl (C=O) groups excluding carboxylic acids is 1. The zero-order chi connectivity index (χ0) is 26.8. The van der Waals surface area contributed by atoms with Crippen molar-refractivity contribution in [3.05, 3.63) is 88.6 Å². The summed E-state index contributed by atoms with van der Waals surface area (Å²) in [5.41, 5.74) is 9.96. The number of rotatable bonds is 10. The number of allylic oxidation sites excluding steroid dienone is 1. The van der Waals surface area contributed by atoms with E-state index in [1.807, 2.05) is 42.6 Å². The zero-order valence-corrected chi connectivity index (χ0v) is 23.8. The van der Waals surface area contributed by atoms with Gasteiger partial charge in [-0.25, -0.2) is 4.98 Å². The maximum absolute atomic E-state index is 14.0. The normalized spacial score (nSPS) is 14.0. The minimum atomic E-state index is -0.167. The molecule has 5 nitrogen and oxygen atoms in total. The van der Waals surface area contributed by atoms with Crippen LogP contribution in [-0.2, 0) is 11.3 Å². The molecule has 37 heavy (non-hydrogen) atoms. The molecule has 0 radical (unpaired) electrons. The number of carbonyl (C=O) groups is 1. The van der Waals surface area contributed by atoms with E-state index in [0.717, 1.165) is 41.0 Å². The van der Waals surface area contributed by atoms with E-state index in [-0.39, 0.29) is 17.9 Å². The largest absolute Gasteiger partial charge is 0.330 e. The van der Waals surface area contributed by atoms with Crippen molar-refractivity contribution < 1.29 is 4.79 Å². The summed E-state index contributed by atoms with van der Waals surface area (Å²) in [7, 11) is 0. The summed E-state index contributed by atoms with van der Waals surface area (Å²) in [6.45, 7) is 12.3. The lowest BCUT2D eigenvalue weighted by Crippen LogP contribution is -2.41. The van der Waals surface area contributed by atoms with Crippen LogP contribution in [0.15, 0.2) is 77.2 Å². The Morgan fingerprint density at radius 2 is 1.81 bits per heavy atom. The van der Waals surface area contributed by atoms with Gasteiger partial charge in [-0.2, -0.15) is 0 Å². The van der Waals surface area contributed by atoms with Gasteiger partial charge in [0.05, 0.1) is 17.1 Å². The number of fused-ring (bicyclic) bond motifs is 1. The number of nitrogens with zero attached hydrogens (tertiary/aromatic N) is 3. The highest BCUT2D eigenvalue weighted by molar-refractivity contribution is 8.03. The molecule has 0 aliphatic carbocycles. The molecule has 2 aromatic carbocycles. The third-order valence-electron chi connectivity index (χ3n) is 6.45. The third-order valence-corrected chi connectivity index (χ3v) is 7.56. The van der Waals surface area contributed by atoms with E-state index in [0.29, 0.717) is 19.6 Å². The van der Waals surface area contributed by atoms with Gasteiger partial charge in [-0.15, -0.1) is 11.8 Å². The molecular formula is C31H42N4OS. The lowest BCUT2D eigenvalue weighted by atomic mass is 9.99. The summed E-state index contributed by atoms with van der Waals surface area (Å²) >= 11 is 1.81. The van der Waals surface area contributed by atoms with Gasteiger partial charge in [-0.05, 0) is 54.0 Å². The Labute approximate surface area is 226 Å². The molecular weight excluding hydrogens is 476 g/mol. The standard InChI is InChI=1S/C29H36N4OS.C2H6/c1-4-24-19-23(15-18-35-24)29(34)32(17-10-16-30)27(21(2)3)28-31-25-13-8-9-14-26(25)33(28)20-22-11-6-5-7-12-22;1-2/h5-9,11-15,19,21,27H,4,10,16-18,20,30H2,1-3H3;1-2H3. The lowest BCUT2D eigenvalue weighted by Gasteiger charge is -2.35. The first-order chi connectivity index (χ1) is 18.0. The number of aromatic nitrogens is 2. The molecule has 1 atom stereocenters. The molecule has 0 spiro atoms. The molecule has 6 heteroatoms. The number of thioether (sulfide) groups is 1. The lowest BCUT2D eigenvalue weighted by molar-refractivity contribution is -0.130. The fourth-order valence-electron chi connectivity index (χ4n) is 4.71. The van der Waals surface area contributed by atoms with E-state index in [9.17, 15) is 4.79 Å². The predicted molar refractivity (Wildman–Crippen MR) is 159 cm³/mol. The first-order valence-electron chi connectivity index (χ1n) is 13.6. The SMILES string of the molecule is CC.CCC1=CC(C(=O)N(CCCN)C(c2nc3ccccc3n2Cc2ccccc2)C(C)C)=CCS1. The first kappa shape index (κ1) is 28.7. The highest BCUT2D eigenvalue weighted by Gasteiger charge is 2.33. The van der Waals surface area contributed by atoms with Crippen LogP contribution in [0.3, 0.4) is 0 Å². The van der Waals surface area contributed by atoms with Crippen LogP contribution in [0.25, 0.3) is 11.0 Å². The molecule has 4 rings (SSSR count). The predicted octanol–water partition coefficient (Wildman–Crippen LogP) is 6.95. The smallest absolute Gasteiger partial charge is 0.254 e. The first-order valence-corrected chi connectivity index (χ1v) is 14.6. The van der Waals surface area contributed by atoms with Crippen molar-refractivity contribution in [3.8, 4) is 0 Å². The van der Waals surface area contributed by atoms with Crippen molar-refractivity contribution in [3.63, 3.8) is 0 Å². The van der Waals surface area contributed by atoms with Crippen molar-refractivity contribution in [2.45, 2.75) is 60.0 Å². The molecule has 1 aliphatic heterocycles. The summed E-state index contributed by atoms with van der Waals surface area (Å²) in [6.07, 6.45) is 5.82. The van der Waals surface area contributed by atoms with E-state index in [4.69, 9.17) is 10.7 Å². The highest BCUT2D eigenvalue weighted by Crippen LogP contribution is 2.34. The Kier molecular flexibility index (Phi) is 11.0. The molecule has 1 amide bonds. The van der Waals surface area contributed by atoms with Crippen LogP contribution < -0.4 is 5.73 Å². The average molecular weight is 519 g/mol. The average Bonchev–Trinajstić information content (AvgIpc) is 3.29. The minimum Gasteiger partial charge on any atom is -0.330 e. The summed E-state index contributed by atoms with van der Waals surface area (Å²) in [5, 5.41) is 0. The Bertz CT molecular complexity index is 1210. The Morgan fingerprint density at radius 1 is 1.11 bits per heavy atom. The Balaban J connectivity index is 0.00000186. The van der Waals surface area contributed by atoms with Crippen molar-refractivity contribution in [2.75, 3.05) is 18.8 Å². The number of hydrogen-bond donors (Lipinski definition) is 1. The van der Waals surface area contributed by atoms with Gasteiger partial charge in [-0.1, -0.05) is 83.2 Å². The fourth-order valence-corrected chi connectivity index (χ4v) is 5.60. The maximum atomic E-state index is 14.0. The van der Waals surface area contributed by atoms with Crippen molar-refractivity contribution in [1.82, 2.24) is 14.5 Å². The number of imidazole rings is 1. The van der Waals surface area contributed by atoms with Crippen LogP contribution in [-0.4, -0.2) is 39.2 Å². The highest BCUT2D eigenvalue weighted by atomic mass is 32.2. The topological polar surface area (TPSA) is 64.2 Å². The third kappa shape index (κ3) is 6.93. The van der Waals surface area contributed by atoms with Gasteiger partial charge in [0.1, 0.15) is 5.82 Å². The fraction of sp³-hybridized carbons (Fsp3) is 0.419. The molecule has 2 N–H and O–H groups in total. The van der Waals surface area contributed by atoms with E-state index in [2.05, 4.69) is 80.0 Å². The summed E-state index contributed by atoms with van der Waals surface area (Å²) in [6, 6.07) is 18.5. The zero-order valence-electron chi connectivity index (χ0n) is 23.0. The monoisotopic (exact) mass is 518 g/mol. The molecule has 0 saturated heterocycles. The second-order valence-corrected chi connectivity index (χ2v) is 10.4. The number of hydrogen-bond acceptors (Lipinski definition) is 4. The quantitative estimate of drug-likeness (QED) is 0.315. The maximum Gasteiger partial charge on any atom is 0.254 e. The van der Waals surface area contributed by atoms with Gasteiger partial charge in [-0.3, -0.25) is 4.79 Å². The molecule has 0 bridgehead atoms. The molecule has 2 heterocycles. The Hall–Kier alpha value is -2.83. The van der Waals surface area contributed by atoms with Gasteiger partial charge in [0.2, 0.25) is 0 Å². The van der Waals surface area contributed by atoms with Gasteiger partial charge < -0.3 is 15.2 Å². The summed E-state index contributed by atoms with van der Waals surface area (Å²) in [5.74, 6) is 2.02. The second kappa shape index (κ2) is 14.2. The number of para-hydroxylation sites is 2. The van der Waals surface area contributed by atoms with Crippen LogP contribution in [0.2, 0.25) is 0 Å². The van der Waals surface area contributed by atoms with Crippen LogP contribution in [0, 0.1) is 5.92 Å². The van der Waals surface area contributed by atoms with Crippen molar-refractivity contribution in [2.24, 2.45) is 11.7 Å². The van der Waals surface area contributed by atoms with E-state index >= 15 is 0 Å². The minimum absolute atomic E-state index is 0.0710. The van der Waals surface area contributed by atoms with Crippen LogP contribution in [0.4, 0.5) is 0 Å². The van der Waals surface area contributed by atoms with Gasteiger partial charge >= 0.3 is 0 Å². The van der Waals surface area contributed by atoms with Crippen LogP contribution in [0.1, 0.15) is 64.9 Å². The molecule has 0 fully saturated rings. The molecule has 1 aliphatic rings. The van der Waals surface area contributed by atoms with Crippen LogP contribution in [0.5, 0.6) is 0 Å².